The first kappa shape index (κ1) is 10.7. The number of carbonyl (C=O) groups is 1. The Bertz CT molecular complexity index is 550. The number of nitrogens with two attached hydrogens (primary N) is 1. The van der Waals surface area contributed by atoms with Crippen molar-refractivity contribution in [3.63, 3.8) is 0 Å². The number of ether oxygens (including phenoxy) is 1. The van der Waals surface area contributed by atoms with Gasteiger partial charge in [-0.1, -0.05) is 11.3 Å². The summed E-state index contributed by atoms with van der Waals surface area (Å²) in [6, 6.07) is 3.55. The maximum absolute atomic E-state index is 11.0. The summed E-state index contributed by atoms with van der Waals surface area (Å²) in [5.74, 6) is 0.480. The lowest BCUT2D eigenvalue weighted by Gasteiger charge is -2.05. The summed E-state index contributed by atoms with van der Waals surface area (Å²) in [6.45, 7) is 1.46. The van der Waals surface area contributed by atoms with E-state index in [-0.39, 0.29) is 5.91 Å². The Balaban J connectivity index is 2.57. The first-order chi connectivity index (χ1) is 7.60. The van der Waals surface area contributed by atoms with Gasteiger partial charge >= 0.3 is 0 Å². The third kappa shape index (κ3) is 1.92. The highest BCUT2D eigenvalue weighted by atomic mass is 32.1. The standard InChI is InChI=1S/C10H11N3O2S/c1-5(14)12-6-3-7(15-2)9-8(4-6)16-10(11)13-9/h3-4H,1-2H3,(H2,11,13)(H,12,14). The molecule has 1 aromatic heterocycles. The van der Waals surface area contributed by atoms with E-state index in [4.69, 9.17) is 10.5 Å². The van der Waals surface area contributed by atoms with Crippen LogP contribution in [-0.4, -0.2) is 18.0 Å². The number of fused-ring (bicyclic) bond motifs is 1. The Morgan fingerprint density at radius 1 is 1.56 bits per heavy atom. The average molecular weight is 237 g/mol. The van der Waals surface area contributed by atoms with E-state index >= 15 is 0 Å². The molecule has 2 rings (SSSR count). The van der Waals surface area contributed by atoms with Crippen LogP contribution in [0, 0.1) is 0 Å². The number of rotatable bonds is 2. The van der Waals surface area contributed by atoms with E-state index in [1.54, 1.807) is 13.2 Å². The zero-order valence-electron chi connectivity index (χ0n) is 8.90. The first-order valence-corrected chi connectivity index (χ1v) is 5.43. The van der Waals surface area contributed by atoms with Crippen LogP contribution in [0.2, 0.25) is 0 Å². The summed E-state index contributed by atoms with van der Waals surface area (Å²) in [6.07, 6.45) is 0. The summed E-state index contributed by atoms with van der Waals surface area (Å²) in [4.78, 5) is 15.1. The van der Waals surface area contributed by atoms with Crippen LogP contribution in [0.25, 0.3) is 10.2 Å². The Hall–Kier alpha value is -1.82. The van der Waals surface area contributed by atoms with Gasteiger partial charge in [0, 0.05) is 18.7 Å². The Morgan fingerprint density at radius 3 is 2.94 bits per heavy atom. The fourth-order valence-electron chi connectivity index (χ4n) is 1.45. The summed E-state index contributed by atoms with van der Waals surface area (Å²) in [5, 5.41) is 3.18. The van der Waals surface area contributed by atoms with Crippen molar-refractivity contribution in [2.45, 2.75) is 6.92 Å². The van der Waals surface area contributed by atoms with Gasteiger partial charge in [-0.05, 0) is 6.07 Å². The number of nitrogen functional groups attached to an aromatic ring is 1. The van der Waals surface area contributed by atoms with Crippen LogP contribution in [0.5, 0.6) is 5.75 Å². The van der Waals surface area contributed by atoms with E-state index in [0.29, 0.717) is 16.6 Å². The molecule has 2 aromatic rings. The second-order valence-corrected chi connectivity index (χ2v) is 4.32. The molecule has 1 amide bonds. The summed E-state index contributed by atoms with van der Waals surface area (Å²) < 4.78 is 6.09. The van der Waals surface area contributed by atoms with Gasteiger partial charge in [0.15, 0.2) is 5.13 Å². The second kappa shape index (κ2) is 3.97. The number of hydrogen-bond donors (Lipinski definition) is 2. The largest absolute Gasteiger partial charge is 0.494 e. The SMILES string of the molecule is COc1cc(NC(C)=O)cc2sc(N)nc12. The number of amides is 1. The van der Waals surface area contributed by atoms with Crippen molar-refractivity contribution in [2.24, 2.45) is 0 Å². The van der Waals surface area contributed by atoms with Crippen molar-refractivity contribution in [1.82, 2.24) is 4.98 Å². The summed E-state index contributed by atoms with van der Waals surface area (Å²) in [5.41, 5.74) is 7.03. The summed E-state index contributed by atoms with van der Waals surface area (Å²) in [7, 11) is 1.56. The molecule has 3 N–H and O–H groups in total. The van der Waals surface area contributed by atoms with E-state index < -0.39 is 0 Å². The third-order valence-corrected chi connectivity index (χ3v) is 2.85. The van der Waals surface area contributed by atoms with Gasteiger partial charge in [-0.15, -0.1) is 0 Å². The number of nitrogens with zero attached hydrogens (tertiary/aromatic N) is 1. The van der Waals surface area contributed by atoms with Gasteiger partial charge in [-0.25, -0.2) is 4.98 Å². The van der Waals surface area contributed by atoms with Gasteiger partial charge in [-0.3, -0.25) is 4.79 Å². The zero-order chi connectivity index (χ0) is 11.7. The van der Waals surface area contributed by atoms with Crippen molar-refractivity contribution in [3.8, 4) is 5.75 Å². The van der Waals surface area contributed by atoms with Crippen LogP contribution in [0.3, 0.4) is 0 Å². The van der Waals surface area contributed by atoms with E-state index in [2.05, 4.69) is 10.3 Å². The van der Waals surface area contributed by atoms with Crippen molar-refractivity contribution in [3.05, 3.63) is 12.1 Å². The van der Waals surface area contributed by atoms with Crippen molar-refractivity contribution in [1.29, 1.82) is 0 Å². The fraction of sp³-hybridized carbons (Fsp3) is 0.200. The molecule has 0 atom stereocenters. The zero-order valence-corrected chi connectivity index (χ0v) is 9.72. The molecule has 0 aliphatic carbocycles. The quantitative estimate of drug-likeness (QED) is 0.835. The molecule has 0 bridgehead atoms. The molecule has 5 nitrogen and oxygen atoms in total. The van der Waals surface area contributed by atoms with Gasteiger partial charge in [0.05, 0.1) is 11.8 Å². The number of hydrogen-bond acceptors (Lipinski definition) is 5. The molecule has 0 saturated heterocycles. The molecule has 84 valence electrons. The van der Waals surface area contributed by atoms with Crippen LogP contribution in [0.1, 0.15) is 6.92 Å². The Labute approximate surface area is 96.2 Å². The number of anilines is 2. The van der Waals surface area contributed by atoms with Gasteiger partial charge < -0.3 is 15.8 Å². The monoisotopic (exact) mass is 237 g/mol. The van der Waals surface area contributed by atoms with E-state index in [1.807, 2.05) is 6.07 Å². The minimum atomic E-state index is -0.126. The molecule has 0 saturated carbocycles. The molecule has 0 aliphatic rings. The maximum Gasteiger partial charge on any atom is 0.221 e. The smallest absolute Gasteiger partial charge is 0.221 e. The molecule has 0 aliphatic heterocycles. The summed E-state index contributed by atoms with van der Waals surface area (Å²) >= 11 is 1.36. The normalized spacial score (nSPS) is 10.4. The van der Waals surface area contributed by atoms with E-state index in [1.165, 1.54) is 18.3 Å². The molecule has 1 aromatic carbocycles. The lowest BCUT2D eigenvalue weighted by molar-refractivity contribution is -0.114. The van der Waals surface area contributed by atoms with Crippen LogP contribution >= 0.6 is 11.3 Å². The van der Waals surface area contributed by atoms with Crippen molar-refractivity contribution < 1.29 is 9.53 Å². The Morgan fingerprint density at radius 2 is 2.31 bits per heavy atom. The lowest BCUT2D eigenvalue weighted by atomic mass is 10.2. The van der Waals surface area contributed by atoms with Gasteiger partial charge in [0.25, 0.3) is 0 Å². The van der Waals surface area contributed by atoms with Gasteiger partial charge in [-0.2, -0.15) is 0 Å². The lowest BCUT2D eigenvalue weighted by Crippen LogP contribution is -2.05. The topological polar surface area (TPSA) is 77.2 Å². The highest BCUT2D eigenvalue weighted by Crippen LogP contribution is 2.34. The van der Waals surface area contributed by atoms with Crippen molar-refractivity contribution in [2.75, 3.05) is 18.2 Å². The predicted octanol–water partition coefficient (Wildman–Crippen LogP) is 1.85. The molecule has 0 spiro atoms. The Kier molecular flexibility index (Phi) is 2.66. The highest BCUT2D eigenvalue weighted by molar-refractivity contribution is 7.22. The molecule has 0 radical (unpaired) electrons. The van der Waals surface area contributed by atoms with Crippen LogP contribution < -0.4 is 15.8 Å². The minimum absolute atomic E-state index is 0.126. The molecular weight excluding hydrogens is 226 g/mol. The highest BCUT2D eigenvalue weighted by Gasteiger charge is 2.10. The molecule has 0 fully saturated rings. The predicted molar refractivity (Wildman–Crippen MR) is 64.9 cm³/mol. The maximum atomic E-state index is 11.0. The van der Waals surface area contributed by atoms with Crippen LogP contribution in [0.4, 0.5) is 10.8 Å². The average Bonchev–Trinajstić information content (AvgIpc) is 2.56. The molecule has 0 unspecified atom stereocenters. The number of aromatic nitrogens is 1. The number of thiazole rings is 1. The van der Waals surface area contributed by atoms with Crippen LogP contribution in [-0.2, 0) is 4.79 Å². The molecule has 6 heteroatoms. The van der Waals surface area contributed by atoms with Gasteiger partial charge in [0.2, 0.25) is 5.91 Å². The molecule has 16 heavy (non-hydrogen) atoms. The minimum Gasteiger partial charge on any atom is -0.494 e. The van der Waals surface area contributed by atoms with Crippen LogP contribution in [0.15, 0.2) is 12.1 Å². The fourth-order valence-corrected chi connectivity index (χ4v) is 2.24. The first-order valence-electron chi connectivity index (χ1n) is 4.62. The molecular formula is C10H11N3O2S. The number of benzene rings is 1. The second-order valence-electron chi connectivity index (χ2n) is 3.26. The number of nitrogens with one attached hydrogen (secondary N) is 1. The van der Waals surface area contributed by atoms with Crippen molar-refractivity contribution >= 4 is 38.3 Å². The third-order valence-electron chi connectivity index (χ3n) is 2.02. The van der Waals surface area contributed by atoms with E-state index in [9.17, 15) is 4.79 Å². The molecule has 1 heterocycles. The number of carbonyl (C=O) groups excluding carboxylic acids is 1. The van der Waals surface area contributed by atoms with E-state index in [0.717, 1.165) is 10.2 Å². The number of methoxy groups -OCH3 is 1. The van der Waals surface area contributed by atoms with Gasteiger partial charge in [0.1, 0.15) is 11.3 Å².